The molecule has 11 nitrogen and oxygen atoms in total. The van der Waals surface area contributed by atoms with Crippen molar-refractivity contribution in [2.24, 2.45) is 9.98 Å². The number of hydrogen-bond acceptors (Lipinski definition) is 10. The number of methoxy groups -OCH3 is 1. The monoisotopic (exact) mass is 512 g/mol. The Kier molecular flexibility index (Phi) is 6.88. The van der Waals surface area contributed by atoms with Crippen LogP contribution in [0.25, 0.3) is 0 Å². The molecule has 1 saturated heterocycles. The van der Waals surface area contributed by atoms with Gasteiger partial charge in [-0.2, -0.15) is 0 Å². The molecule has 12 heteroatoms. The maximum absolute atomic E-state index is 12.8. The predicted molar refractivity (Wildman–Crippen MR) is 135 cm³/mol. The molecular weight excluding hydrogens is 484 g/mol. The topological polar surface area (TPSA) is 126 Å². The molecule has 4 heterocycles. The number of nitrogens with one attached hydrogen (secondary N) is 1. The number of ether oxygens (including phenoxy) is 2. The fourth-order valence-electron chi connectivity index (χ4n) is 4.42. The lowest BCUT2D eigenvalue weighted by Crippen LogP contribution is -2.47. The van der Waals surface area contributed by atoms with E-state index < -0.39 is 9.84 Å². The van der Waals surface area contributed by atoms with Crippen molar-refractivity contribution in [1.29, 1.82) is 0 Å². The number of aromatic nitrogens is 1. The molecule has 1 aromatic carbocycles. The zero-order valence-electron chi connectivity index (χ0n) is 20.0. The maximum Gasteiger partial charge on any atom is 0.259 e. The van der Waals surface area contributed by atoms with Crippen molar-refractivity contribution in [2.45, 2.75) is 6.42 Å². The molecule has 1 N–H and O–H groups in total. The number of carbonyl (C=O) groups excluding carboxylic acids is 1. The number of sulfone groups is 1. The van der Waals surface area contributed by atoms with E-state index in [1.54, 1.807) is 25.4 Å². The van der Waals surface area contributed by atoms with Crippen LogP contribution in [0.1, 0.15) is 22.3 Å². The molecule has 0 aliphatic carbocycles. The standard InChI is InChI=1S/C24H28N6O5S/c1-34-21-19(35-13-3-9-29-11-14-36(32,33)15-12-29)6-5-18-20(21)27-24(30-10-8-26-22(18)30)28-23(31)17-4-2-7-25-16-17/h2,4-7,16H,3,8-15H2,1H3,(H,27,28,31). The van der Waals surface area contributed by atoms with Crippen molar-refractivity contribution in [1.82, 2.24) is 20.1 Å². The predicted octanol–water partition coefficient (Wildman–Crippen LogP) is 1.08. The van der Waals surface area contributed by atoms with Crippen molar-refractivity contribution < 1.29 is 22.7 Å². The molecule has 1 aromatic heterocycles. The number of hydrogen-bond donors (Lipinski definition) is 1. The lowest BCUT2D eigenvalue weighted by atomic mass is 10.1. The molecule has 3 aliphatic heterocycles. The van der Waals surface area contributed by atoms with Gasteiger partial charge in [0.15, 0.2) is 21.3 Å². The number of carbonyl (C=O) groups is 1. The molecule has 1 amide bonds. The minimum atomic E-state index is -2.89. The first-order valence-corrected chi connectivity index (χ1v) is 13.7. The summed E-state index contributed by atoms with van der Waals surface area (Å²) >= 11 is 0. The largest absolute Gasteiger partial charge is 0.491 e. The number of amidine groups is 1. The third kappa shape index (κ3) is 5.05. The van der Waals surface area contributed by atoms with Gasteiger partial charge in [-0.05, 0) is 30.7 Å². The van der Waals surface area contributed by atoms with Crippen LogP contribution in [0.5, 0.6) is 11.5 Å². The van der Waals surface area contributed by atoms with Crippen LogP contribution >= 0.6 is 0 Å². The first kappa shape index (κ1) is 24.2. The molecule has 2 aromatic rings. The van der Waals surface area contributed by atoms with Gasteiger partial charge in [-0.25, -0.2) is 13.4 Å². The van der Waals surface area contributed by atoms with Gasteiger partial charge >= 0.3 is 0 Å². The van der Waals surface area contributed by atoms with Gasteiger partial charge in [0.1, 0.15) is 11.5 Å². The smallest absolute Gasteiger partial charge is 0.259 e. The summed E-state index contributed by atoms with van der Waals surface area (Å²) in [6.07, 6.45) is 3.86. The van der Waals surface area contributed by atoms with Gasteiger partial charge in [0.05, 0.1) is 37.3 Å². The summed E-state index contributed by atoms with van der Waals surface area (Å²) in [5.41, 5.74) is 1.79. The van der Waals surface area contributed by atoms with Gasteiger partial charge in [-0.3, -0.25) is 25.0 Å². The summed E-state index contributed by atoms with van der Waals surface area (Å²) in [6.45, 7) is 3.53. The summed E-state index contributed by atoms with van der Waals surface area (Å²) in [5, 5.41) is 2.88. The Morgan fingerprint density at radius 2 is 2.00 bits per heavy atom. The van der Waals surface area contributed by atoms with E-state index in [9.17, 15) is 13.2 Å². The van der Waals surface area contributed by atoms with Crippen LogP contribution in [0, 0.1) is 0 Å². The normalized spacial score (nSPS) is 18.5. The van der Waals surface area contributed by atoms with E-state index in [4.69, 9.17) is 14.5 Å². The second kappa shape index (κ2) is 10.2. The molecule has 0 radical (unpaired) electrons. The number of pyridine rings is 1. The van der Waals surface area contributed by atoms with Crippen LogP contribution < -0.4 is 14.8 Å². The first-order chi connectivity index (χ1) is 17.4. The van der Waals surface area contributed by atoms with E-state index in [1.165, 1.54) is 6.20 Å². The van der Waals surface area contributed by atoms with Gasteiger partial charge in [0.2, 0.25) is 5.96 Å². The highest BCUT2D eigenvalue weighted by atomic mass is 32.2. The average Bonchev–Trinajstić information content (AvgIpc) is 3.38. The van der Waals surface area contributed by atoms with Crippen LogP contribution in [0.15, 0.2) is 46.6 Å². The Hall–Kier alpha value is -3.51. The minimum Gasteiger partial charge on any atom is -0.491 e. The number of fused-ring (bicyclic) bond motifs is 3. The van der Waals surface area contributed by atoms with Crippen LogP contribution in [0.2, 0.25) is 0 Å². The van der Waals surface area contributed by atoms with Gasteiger partial charge in [0, 0.05) is 44.1 Å². The quantitative estimate of drug-likeness (QED) is 0.547. The maximum atomic E-state index is 12.8. The highest BCUT2D eigenvalue weighted by molar-refractivity contribution is 7.91. The minimum absolute atomic E-state index is 0.213. The Balaban J connectivity index is 1.31. The molecule has 0 saturated carbocycles. The molecule has 5 rings (SSSR count). The summed E-state index contributed by atoms with van der Waals surface area (Å²) in [7, 11) is -1.33. The van der Waals surface area contributed by atoms with Crippen LogP contribution in [-0.2, 0) is 9.84 Å². The molecule has 36 heavy (non-hydrogen) atoms. The lowest BCUT2D eigenvalue weighted by molar-refractivity contribution is 0.0973. The van der Waals surface area contributed by atoms with E-state index in [-0.39, 0.29) is 17.4 Å². The van der Waals surface area contributed by atoms with E-state index in [2.05, 4.69) is 20.2 Å². The molecular formula is C24H28N6O5S. The number of amides is 1. The summed E-state index contributed by atoms with van der Waals surface area (Å²) in [6, 6.07) is 7.14. The van der Waals surface area contributed by atoms with E-state index in [1.807, 2.05) is 17.0 Å². The van der Waals surface area contributed by atoms with Crippen LogP contribution in [0.3, 0.4) is 0 Å². The molecule has 190 valence electrons. The summed E-state index contributed by atoms with van der Waals surface area (Å²) < 4.78 is 34.9. The number of aliphatic imine (C=N–C) groups is 2. The van der Waals surface area contributed by atoms with Gasteiger partial charge in [-0.1, -0.05) is 0 Å². The van der Waals surface area contributed by atoms with E-state index in [0.29, 0.717) is 61.5 Å². The lowest BCUT2D eigenvalue weighted by Gasteiger charge is -2.28. The molecule has 0 bridgehead atoms. The fraction of sp³-hybridized carbons (Fsp3) is 0.417. The van der Waals surface area contributed by atoms with Gasteiger partial charge in [-0.15, -0.1) is 0 Å². The van der Waals surface area contributed by atoms with Crippen molar-refractivity contribution in [3.63, 3.8) is 0 Å². The SMILES string of the molecule is COc1c(OCCCN2CCS(=O)(=O)CC2)ccc2c1N=C(NC(=O)c1cccnc1)N1CCN=C21. The zero-order chi connectivity index (χ0) is 25.1. The Bertz CT molecular complexity index is 1300. The summed E-state index contributed by atoms with van der Waals surface area (Å²) in [5.74, 6) is 2.24. The summed E-state index contributed by atoms with van der Waals surface area (Å²) in [4.78, 5) is 30.2. The number of benzene rings is 1. The highest BCUT2D eigenvalue weighted by Gasteiger charge is 2.33. The van der Waals surface area contributed by atoms with Crippen molar-refractivity contribution in [3.8, 4) is 11.5 Å². The molecule has 0 atom stereocenters. The van der Waals surface area contributed by atoms with E-state index in [0.717, 1.165) is 24.4 Å². The molecule has 0 spiro atoms. The third-order valence-corrected chi connectivity index (χ3v) is 7.93. The second-order valence-electron chi connectivity index (χ2n) is 8.68. The number of guanidine groups is 1. The van der Waals surface area contributed by atoms with E-state index >= 15 is 0 Å². The van der Waals surface area contributed by atoms with Crippen LogP contribution in [-0.4, -0.2) is 98.9 Å². The highest BCUT2D eigenvalue weighted by Crippen LogP contribution is 2.43. The number of nitrogens with zero attached hydrogens (tertiary/aromatic N) is 5. The second-order valence-corrected chi connectivity index (χ2v) is 11.0. The Morgan fingerprint density at radius 3 is 2.75 bits per heavy atom. The first-order valence-electron chi connectivity index (χ1n) is 11.8. The van der Waals surface area contributed by atoms with Crippen molar-refractivity contribution in [3.05, 3.63) is 47.8 Å². The Labute approximate surface area is 209 Å². The molecule has 3 aliphatic rings. The van der Waals surface area contributed by atoms with Gasteiger partial charge in [0.25, 0.3) is 5.91 Å². The van der Waals surface area contributed by atoms with Crippen molar-refractivity contribution >= 4 is 33.2 Å². The zero-order valence-corrected chi connectivity index (χ0v) is 20.8. The van der Waals surface area contributed by atoms with Gasteiger partial charge < -0.3 is 14.4 Å². The van der Waals surface area contributed by atoms with Crippen LogP contribution in [0.4, 0.5) is 5.69 Å². The Morgan fingerprint density at radius 1 is 1.17 bits per heavy atom. The third-order valence-electron chi connectivity index (χ3n) is 6.32. The average molecular weight is 513 g/mol. The molecule has 0 unspecified atom stereocenters. The number of rotatable bonds is 7. The molecule has 1 fully saturated rings. The fourth-order valence-corrected chi connectivity index (χ4v) is 5.69. The van der Waals surface area contributed by atoms with Crippen molar-refractivity contribution in [2.75, 3.05) is 57.9 Å².